The zero-order valence-corrected chi connectivity index (χ0v) is 12.7. The van der Waals surface area contributed by atoms with E-state index in [9.17, 15) is 4.79 Å². The van der Waals surface area contributed by atoms with Crippen molar-refractivity contribution in [2.45, 2.75) is 0 Å². The second-order valence-electron chi connectivity index (χ2n) is 4.45. The summed E-state index contributed by atoms with van der Waals surface area (Å²) in [5.41, 5.74) is 0.517. The van der Waals surface area contributed by atoms with Crippen molar-refractivity contribution in [2.24, 2.45) is 0 Å². The van der Waals surface area contributed by atoms with E-state index in [0.29, 0.717) is 28.6 Å². The molecule has 0 unspecified atom stereocenters. The second kappa shape index (κ2) is 7.71. The van der Waals surface area contributed by atoms with Gasteiger partial charge in [-0.25, -0.2) is 4.79 Å². The van der Waals surface area contributed by atoms with Crippen LogP contribution >= 0.6 is 0 Å². The molecule has 0 heterocycles. The molecular formula is C17H15NO5. The zero-order valence-electron chi connectivity index (χ0n) is 12.7. The predicted octanol–water partition coefficient (Wildman–Crippen LogP) is 2.56. The van der Waals surface area contributed by atoms with Gasteiger partial charge in [-0.05, 0) is 24.3 Å². The summed E-state index contributed by atoms with van der Waals surface area (Å²) < 4.78 is 20.7. The van der Waals surface area contributed by atoms with Crippen LogP contribution in [0.2, 0.25) is 0 Å². The fourth-order valence-electron chi connectivity index (χ4n) is 1.77. The summed E-state index contributed by atoms with van der Waals surface area (Å²) in [6.45, 7) is -0.259. The number of methoxy groups -OCH3 is 2. The maximum absolute atomic E-state index is 11.8. The highest BCUT2D eigenvalue weighted by Crippen LogP contribution is 2.27. The molecule has 6 heteroatoms. The normalized spacial score (nSPS) is 9.61. The van der Waals surface area contributed by atoms with E-state index >= 15 is 0 Å². The Morgan fingerprint density at radius 1 is 0.957 bits per heavy atom. The molecule has 0 spiro atoms. The van der Waals surface area contributed by atoms with Crippen LogP contribution in [0.3, 0.4) is 0 Å². The highest BCUT2D eigenvalue weighted by atomic mass is 16.6. The summed E-state index contributed by atoms with van der Waals surface area (Å²) in [5, 5.41) is 8.71. The summed E-state index contributed by atoms with van der Waals surface area (Å²) in [5.74, 6) is 1.24. The van der Waals surface area contributed by atoms with Gasteiger partial charge in [0.1, 0.15) is 23.0 Å². The molecule has 23 heavy (non-hydrogen) atoms. The van der Waals surface area contributed by atoms with Gasteiger partial charge < -0.3 is 18.9 Å². The molecule has 0 aromatic heterocycles. The number of esters is 1. The van der Waals surface area contributed by atoms with Crippen LogP contribution in [0.15, 0.2) is 42.5 Å². The molecule has 0 fully saturated rings. The van der Waals surface area contributed by atoms with Gasteiger partial charge in [0.2, 0.25) is 0 Å². The molecule has 0 saturated carbocycles. The van der Waals surface area contributed by atoms with E-state index in [0.717, 1.165) is 0 Å². The Hall–Kier alpha value is -3.20. The molecular weight excluding hydrogens is 298 g/mol. The molecule has 2 rings (SSSR count). The molecule has 0 aliphatic heterocycles. The van der Waals surface area contributed by atoms with Gasteiger partial charge in [0.15, 0.2) is 6.61 Å². The molecule has 118 valence electrons. The summed E-state index contributed by atoms with van der Waals surface area (Å²) in [6.07, 6.45) is 0. The number of hydrogen-bond acceptors (Lipinski definition) is 6. The van der Waals surface area contributed by atoms with Crippen LogP contribution in [0.5, 0.6) is 23.0 Å². The molecule has 0 N–H and O–H groups in total. The van der Waals surface area contributed by atoms with Gasteiger partial charge in [-0.15, -0.1) is 0 Å². The monoisotopic (exact) mass is 313 g/mol. The van der Waals surface area contributed by atoms with Crippen molar-refractivity contribution in [1.29, 1.82) is 5.26 Å². The lowest BCUT2D eigenvalue weighted by Gasteiger charge is -2.09. The number of carbonyl (C=O) groups is 1. The van der Waals surface area contributed by atoms with E-state index in [2.05, 4.69) is 0 Å². The molecule has 2 aromatic rings. The van der Waals surface area contributed by atoms with E-state index in [1.54, 1.807) is 42.5 Å². The average Bonchev–Trinajstić information content (AvgIpc) is 2.60. The van der Waals surface area contributed by atoms with E-state index < -0.39 is 5.97 Å². The van der Waals surface area contributed by atoms with Crippen molar-refractivity contribution in [2.75, 3.05) is 20.8 Å². The number of benzene rings is 2. The first-order valence-corrected chi connectivity index (χ1v) is 6.71. The second-order valence-corrected chi connectivity index (χ2v) is 4.45. The molecule has 0 amide bonds. The fourth-order valence-corrected chi connectivity index (χ4v) is 1.77. The van der Waals surface area contributed by atoms with Gasteiger partial charge in [0.05, 0.1) is 25.9 Å². The van der Waals surface area contributed by atoms with Crippen LogP contribution in [-0.4, -0.2) is 26.8 Å². The molecule has 2 aromatic carbocycles. The molecule has 0 radical (unpaired) electrons. The topological polar surface area (TPSA) is 77.8 Å². The molecule has 6 nitrogen and oxygen atoms in total. The smallest absolute Gasteiger partial charge is 0.349 e. The highest BCUT2D eigenvalue weighted by Gasteiger charge is 2.09. The van der Waals surface area contributed by atoms with E-state index in [1.807, 2.05) is 6.07 Å². The third-order valence-corrected chi connectivity index (χ3v) is 2.90. The quantitative estimate of drug-likeness (QED) is 0.602. The Bertz CT molecular complexity index is 697. The maximum atomic E-state index is 11.8. The van der Waals surface area contributed by atoms with E-state index in [1.165, 1.54) is 14.2 Å². The minimum absolute atomic E-state index is 0.259. The van der Waals surface area contributed by atoms with Crippen LogP contribution in [0, 0.1) is 11.3 Å². The van der Waals surface area contributed by atoms with Gasteiger partial charge in [-0.3, -0.25) is 0 Å². The Morgan fingerprint density at radius 3 is 2.04 bits per heavy atom. The first-order valence-electron chi connectivity index (χ1n) is 6.71. The largest absolute Gasteiger partial charge is 0.496 e. The Kier molecular flexibility index (Phi) is 5.42. The third-order valence-electron chi connectivity index (χ3n) is 2.90. The Labute approximate surface area is 133 Å². The van der Waals surface area contributed by atoms with Crippen molar-refractivity contribution in [3.05, 3.63) is 48.0 Å². The average molecular weight is 313 g/mol. The first kappa shape index (κ1) is 16.2. The van der Waals surface area contributed by atoms with Crippen LogP contribution in [0.1, 0.15) is 5.56 Å². The lowest BCUT2D eigenvalue weighted by molar-refractivity contribution is -0.136. The lowest BCUT2D eigenvalue weighted by Crippen LogP contribution is -2.17. The SMILES string of the molecule is COc1cc(OC)cc(OC(=O)COc2ccc(C#N)cc2)c1. The van der Waals surface area contributed by atoms with Crippen molar-refractivity contribution >= 4 is 5.97 Å². The van der Waals surface area contributed by atoms with Crippen molar-refractivity contribution < 1.29 is 23.7 Å². The van der Waals surface area contributed by atoms with Gasteiger partial charge in [0, 0.05) is 18.2 Å². The Morgan fingerprint density at radius 2 is 1.52 bits per heavy atom. The Balaban J connectivity index is 1.95. The number of nitriles is 1. The summed E-state index contributed by atoms with van der Waals surface area (Å²) in [4.78, 5) is 11.8. The minimum Gasteiger partial charge on any atom is -0.496 e. The van der Waals surface area contributed by atoms with Gasteiger partial charge in [0.25, 0.3) is 0 Å². The lowest BCUT2D eigenvalue weighted by atomic mass is 10.2. The first-order chi connectivity index (χ1) is 11.1. The molecule has 0 saturated heterocycles. The molecule has 0 aliphatic carbocycles. The van der Waals surface area contributed by atoms with Crippen LogP contribution in [0.25, 0.3) is 0 Å². The standard InChI is InChI=1S/C17H15NO5/c1-20-14-7-15(21-2)9-16(8-14)23-17(19)11-22-13-5-3-12(10-18)4-6-13/h3-9H,11H2,1-2H3. The number of rotatable bonds is 6. The number of carbonyl (C=O) groups excluding carboxylic acids is 1. The van der Waals surface area contributed by atoms with Crippen LogP contribution in [-0.2, 0) is 4.79 Å². The number of ether oxygens (including phenoxy) is 4. The predicted molar refractivity (Wildman–Crippen MR) is 81.8 cm³/mol. The van der Waals surface area contributed by atoms with Crippen LogP contribution < -0.4 is 18.9 Å². The van der Waals surface area contributed by atoms with Crippen molar-refractivity contribution in [3.63, 3.8) is 0 Å². The van der Waals surface area contributed by atoms with Crippen molar-refractivity contribution in [1.82, 2.24) is 0 Å². The third kappa shape index (κ3) is 4.64. The van der Waals surface area contributed by atoms with Gasteiger partial charge in [-0.1, -0.05) is 0 Å². The summed E-state index contributed by atoms with van der Waals surface area (Å²) >= 11 is 0. The minimum atomic E-state index is -0.565. The fraction of sp³-hybridized carbons (Fsp3) is 0.176. The van der Waals surface area contributed by atoms with Crippen molar-refractivity contribution in [3.8, 4) is 29.1 Å². The van der Waals surface area contributed by atoms with E-state index in [4.69, 9.17) is 24.2 Å². The molecule has 0 bridgehead atoms. The number of hydrogen-bond donors (Lipinski definition) is 0. The summed E-state index contributed by atoms with van der Waals surface area (Å²) in [6, 6.07) is 13.2. The number of nitrogens with zero attached hydrogens (tertiary/aromatic N) is 1. The highest BCUT2D eigenvalue weighted by molar-refractivity contribution is 5.74. The molecule has 0 atom stereocenters. The van der Waals surface area contributed by atoms with E-state index in [-0.39, 0.29) is 6.61 Å². The molecule has 0 aliphatic rings. The summed E-state index contributed by atoms with van der Waals surface area (Å²) in [7, 11) is 3.02. The van der Waals surface area contributed by atoms with Gasteiger partial charge in [-0.2, -0.15) is 5.26 Å². The van der Waals surface area contributed by atoms with Gasteiger partial charge >= 0.3 is 5.97 Å². The zero-order chi connectivity index (χ0) is 16.7. The van der Waals surface area contributed by atoms with Crippen LogP contribution in [0.4, 0.5) is 0 Å². The maximum Gasteiger partial charge on any atom is 0.349 e.